The number of para-hydroxylation sites is 1. The van der Waals surface area contributed by atoms with E-state index in [9.17, 15) is 14.9 Å². The Balaban J connectivity index is 1.83. The van der Waals surface area contributed by atoms with Crippen LogP contribution in [-0.2, 0) is 4.74 Å². The largest absolute Gasteiger partial charge is 0.465 e. The van der Waals surface area contributed by atoms with Crippen molar-refractivity contribution in [1.29, 1.82) is 0 Å². The summed E-state index contributed by atoms with van der Waals surface area (Å²) in [4.78, 5) is 37.5. The van der Waals surface area contributed by atoms with Gasteiger partial charge in [-0.1, -0.05) is 34.1 Å². The van der Waals surface area contributed by atoms with Gasteiger partial charge in [-0.05, 0) is 30.3 Å². The highest BCUT2D eigenvalue weighted by Crippen LogP contribution is 2.40. The molecular formula is C22H16BrN5O5. The van der Waals surface area contributed by atoms with E-state index >= 15 is 0 Å². The van der Waals surface area contributed by atoms with Crippen molar-refractivity contribution in [1.82, 2.24) is 15.0 Å². The molecule has 10 nitrogen and oxygen atoms in total. The summed E-state index contributed by atoms with van der Waals surface area (Å²) in [5.41, 5.74) is 0.631. The highest BCUT2D eigenvalue weighted by Gasteiger charge is 2.30. The molecule has 0 radical (unpaired) electrons. The van der Waals surface area contributed by atoms with E-state index in [0.29, 0.717) is 17.0 Å². The number of anilines is 2. The first-order chi connectivity index (χ1) is 15.9. The summed E-state index contributed by atoms with van der Waals surface area (Å²) < 4.78 is 11.5. The predicted octanol–water partition coefficient (Wildman–Crippen LogP) is 5.04. The highest BCUT2D eigenvalue weighted by atomic mass is 79.9. The lowest BCUT2D eigenvalue weighted by Crippen LogP contribution is -2.18. The summed E-state index contributed by atoms with van der Waals surface area (Å²) >= 11 is 3.46. The van der Waals surface area contributed by atoms with E-state index in [4.69, 9.17) is 9.47 Å². The molecule has 2 heterocycles. The number of nitro groups is 1. The van der Waals surface area contributed by atoms with E-state index in [0.717, 1.165) is 16.2 Å². The number of ether oxygens (including phenoxy) is 2. The van der Waals surface area contributed by atoms with Gasteiger partial charge in [0.25, 0.3) is 0 Å². The summed E-state index contributed by atoms with van der Waals surface area (Å²) in [5, 5.41) is 12.8. The molecule has 0 spiro atoms. The van der Waals surface area contributed by atoms with Crippen LogP contribution in [0.5, 0.6) is 11.6 Å². The summed E-state index contributed by atoms with van der Waals surface area (Å²) in [6.45, 7) is 0. The van der Waals surface area contributed by atoms with Crippen molar-refractivity contribution >= 4 is 50.0 Å². The van der Waals surface area contributed by atoms with Gasteiger partial charge in [-0.3, -0.25) is 15.1 Å². The van der Waals surface area contributed by atoms with Gasteiger partial charge >= 0.3 is 17.5 Å². The Kier molecular flexibility index (Phi) is 6.13. The number of carbonyl (C=O) groups is 1. The molecule has 0 aliphatic rings. The predicted molar refractivity (Wildman–Crippen MR) is 124 cm³/mol. The summed E-state index contributed by atoms with van der Waals surface area (Å²) in [5.74, 6) is -0.616. The summed E-state index contributed by atoms with van der Waals surface area (Å²) in [6.07, 6.45) is 2.75. The molecule has 0 bridgehead atoms. The van der Waals surface area contributed by atoms with Gasteiger partial charge < -0.3 is 14.4 Å². The number of fused-ring (bicyclic) bond motifs is 1. The Bertz CT molecular complexity index is 1380. The first-order valence-corrected chi connectivity index (χ1v) is 10.3. The Morgan fingerprint density at radius 1 is 1.09 bits per heavy atom. The van der Waals surface area contributed by atoms with Crippen LogP contribution >= 0.6 is 15.9 Å². The maximum Gasteiger partial charge on any atom is 0.373 e. The van der Waals surface area contributed by atoms with E-state index in [2.05, 4.69) is 30.9 Å². The molecule has 11 heteroatoms. The van der Waals surface area contributed by atoms with Crippen molar-refractivity contribution in [2.24, 2.45) is 0 Å². The Morgan fingerprint density at radius 3 is 2.64 bits per heavy atom. The fourth-order valence-corrected chi connectivity index (χ4v) is 3.75. The number of hydrogen-bond donors (Lipinski definition) is 0. The Morgan fingerprint density at radius 2 is 1.88 bits per heavy atom. The Hall–Kier alpha value is -4.12. The maximum atomic E-state index is 12.2. The van der Waals surface area contributed by atoms with Crippen LogP contribution in [-0.4, -0.2) is 40.0 Å². The van der Waals surface area contributed by atoms with Gasteiger partial charge in [0.1, 0.15) is 11.8 Å². The topological polar surface area (TPSA) is 121 Å². The van der Waals surface area contributed by atoms with Crippen molar-refractivity contribution in [2.45, 2.75) is 0 Å². The molecule has 0 atom stereocenters. The average Bonchev–Trinajstić information content (AvgIpc) is 2.84. The minimum absolute atomic E-state index is 0.0595. The van der Waals surface area contributed by atoms with E-state index < -0.39 is 16.6 Å². The molecule has 166 valence electrons. The number of esters is 1. The second-order valence-electron chi connectivity index (χ2n) is 6.72. The lowest BCUT2D eigenvalue weighted by atomic mass is 10.1. The lowest BCUT2D eigenvalue weighted by Gasteiger charge is -2.21. The molecule has 0 fully saturated rings. The average molecular weight is 510 g/mol. The first kappa shape index (κ1) is 22.1. The third-order valence-corrected chi connectivity index (χ3v) is 5.52. The van der Waals surface area contributed by atoms with E-state index in [1.54, 1.807) is 55.7 Å². The quantitative estimate of drug-likeness (QED) is 0.200. The number of benzene rings is 2. The van der Waals surface area contributed by atoms with Crippen LogP contribution in [0.15, 0.2) is 65.5 Å². The summed E-state index contributed by atoms with van der Waals surface area (Å²) in [7, 11) is 2.81. The van der Waals surface area contributed by atoms with Crippen LogP contribution in [0.3, 0.4) is 0 Å². The molecule has 0 saturated carbocycles. The molecule has 0 aliphatic carbocycles. The van der Waals surface area contributed by atoms with Crippen LogP contribution in [0.25, 0.3) is 10.9 Å². The van der Waals surface area contributed by atoms with Crippen LogP contribution in [0.4, 0.5) is 17.2 Å². The van der Waals surface area contributed by atoms with E-state index in [1.807, 2.05) is 6.07 Å². The third kappa shape index (κ3) is 4.17. The fraction of sp³-hybridized carbons (Fsp3) is 0.0909. The third-order valence-electron chi connectivity index (χ3n) is 4.83. The zero-order valence-corrected chi connectivity index (χ0v) is 19.0. The van der Waals surface area contributed by atoms with Gasteiger partial charge in [0.2, 0.25) is 5.82 Å². The number of pyridine rings is 1. The minimum Gasteiger partial charge on any atom is -0.465 e. The molecule has 2 aromatic heterocycles. The maximum absolute atomic E-state index is 12.2. The molecule has 4 aromatic rings. The SMILES string of the molecule is COC(=O)c1ccccc1N(C)c1ncnc(Oc2ccc(Br)c3cccnc23)c1[N+](=O)[O-]. The van der Waals surface area contributed by atoms with Crippen molar-refractivity contribution < 1.29 is 19.2 Å². The zero-order chi connectivity index (χ0) is 23.5. The second-order valence-corrected chi connectivity index (χ2v) is 7.58. The van der Waals surface area contributed by atoms with Gasteiger partial charge in [-0.25, -0.2) is 9.78 Å². The number of methoxy groups -OCH3 is 1. The number of nitrogens with zero attached hydrogens (tertiary/aromatic N) is 5. The van der Waals surface area contributed by atoms with Gasteiger partial charge in [-0.15, -0.1) is 0 Å². The first-order valence-electron chi connectivity index (χ1n) is 9.54. The normalized spacial score (nSPS) is 10.6. The minimum atomic E-state index is -0.629. The number of rotatable bonds is 6. The molecular weight excluding hydrogens is 494 g/mol. The van der Waals surface area contributed by atoms with E-state index in [-0.39, 0.29) is 17.3 Å². The fourth-order valence-electron chi connectivity index (χ4n) is 3.30. The van der Waals surface area contributed by atoms with Crippen molar-refractivity contribution in [2.75, 3.05) is 19.1 Å². The van der Waals surface area contributed by atoms with Gasteiger partial charge in [-0.2, -0.15) is 4.98 Å². The van der Waals surface area contributed by atoms with Crippen LogP contribution in [0, 0.1) is 10.1 Å². The van der Waals surface area contributed by atoms with Gasteiger partial charge in [0.05, 0.1) is 23.3 Å². The zero-order valence-electron chi connectivity index (χ0n) is 17.4. The highest BCUT2D eigenvalue weighted by molar-refractivity contribution is 9.10. The molecule has 0 aliphatic heterocycles. The number of aromatic nitrogens is 3. The van der Waals surface area contributed by atoms with E-state index in [1.165, 1.54) is 12.0 Å². The Labute approximate surface area is 196 Å². The number of halogens is 1. The van der Waals surface area contributed by atoms with Gasteiger partial charge in [0.15, 0.2) is 5.75 Å². The number of carbonyl (C=O) groups excluding carboxylic acids is 1. The molecule has 0 unspecified atom stereocenters. The van der Waals surface area contributed by atoms with Crippen molar-refractivity contribution in [3.63, 3.8) is 0 Å². The number of hydrogen-bond acceptors (Lipinski definition) is 9. The molecule has 33 heavy (non-hydrogen) atoms. The summed E-state index contributed by atoms with van der Waals surface area (Å²) in [6, 6.07) is 13.6. The van der Waals surface area contributed by atoms with Crippen LogP contribution < -0.4 is 9.64 Å². The van der Waals surface area contributed by atoms with Crippen LogP contribution in [0.1, 0.15) is 10.4 Å². The monoisotopic (exact) mass is 509 g/mol. The molecule has 0 amide bonds. The van der Waals surface area contributed by atoms with Crippen molar-refractivity contribution in [3.05, 3.63) is 81.2 Å². The molecule has 4 rings (SSSR count). The standard InChI is InChI=1S/C22H16BrN5O5/c1-27(16-8-4-3-6-14(16)22(29)32-2)20-19(28(30)31)21(26-12-25-20)33-17-10-9-15(23)13-7-5-11-24-18(13)17/h3-12H,1-2H3. The van der Waals surface area contributed by atoms with Crippen LogP contribution in [0.2, 0.25) is 0 Å². The molecule has 0 saturated heterocycles. The second kappa shape index (κ2) is 9.17. The smallest absolute Gasteiger partial charge is 0.373 e. The molecule has 0 N–H and O–H groups in total. The molecule has 2 aromatic carbocycles. The van der Waals surface area contributed by atoms with Gasteiger partial charge in [0, 0.05) is 23.1 Å². The lowest BCUT2D eigenvalue weighted by molar-refractivity contribution is -0.385. The van der Waals surface area contributed by atoms with Crippen molar-refractivity contribution in [3.8, 4) is 11.6 Å².